The highest BCUT2D eigenvalue weighted by Crippen LogP contribution is 2.28. The Balaban J connectivity index is 2.03. The van der Waals surface area contributed by atoms with Gasteiger partial charge < -0.3 is 5.11 Å². The summed E-state index contributed by atoms with van der Waals surface area (Å²) in [7, 11) is 0. The fraction of sp³-hybridized carbons (Fsp3) is 0.583. The number of rotatable bonds is 2. The number of hydrogen-bond acceptors (Lipinski definition) is 2. The van der Waals surface area contributed by atoms with E-state index < -0.39 is 0 Å². The molecule has 76 valence electrons. The molecule has 0 bridgehead atoms. The van der Waals surface area contributed by atoms with Gasteiger partial charge in [-0.15, -0.1) is 0 Å². The average Bonchev–Trinajstić information content (AvgIpc) is 2.52. The molecule has 14 heavy (non-hydrogen) atoms. The molecule has 1 aliphatic carbocycles. The number of aliphatic hydroxyl groups excluding tert-OH is 1. The fourth-order valence-corrected chi connectivity index (χ4v) is 2.24. The maximum atomic E-state index is 9.69. The van der Waals surface area contributed by atoms with Gasteiger partial charge in [0.05, 0.1) is 6.10 Å². The van der Waals surface area contributed by atoms with Gasteiger partial charge in [-0.05, 0) is 44.2 Å². The molecular weight excluding hydrogens is 174 g/mol. The molecule has 0 saturated heterocycles. The van der Waals surface area contributed by atoms with E-state index in [4.69, 9.17) is 0 Å². The van der Waals surface area contributed by atoms with Crippen molar-refractivity contribution in [3.63, 3.8) is 0 Å². The van der Waals surface area contributed by atoms with Gasteiger partial charge in [0.1, 0.15) is 0 Å². The minimum absolute atomic E-state index is 0.0997. The topological polar surface area (TPSA) is 33.1 Å². The van der Waals surface area contributed by atoms with Crippen molar-refractivity contribution in [1.29, 1.82) is 0 Å². The van der Waals surface area contributed by atoms with Crippen molar-refractivity contribution >= 4 is 0 Å². The summed E-state index contributed by atoms with van der Waals surface area (Å²) >= 11 is 0. The minimum atomic E-state index is -0.0997. The number of nitrogens with zero attached hydrogens (tertiary/aromatic N) is 1. The van der Waals surface area contributed by atoms with Gasteiger partial charge in [-0.3, -0.25) is 4.98 Å². The van der Waals surface area contributed by atoms with Crippen LogP contribution in [0.25, 0.3) is 0 Å². The van der Waals surface area contributed by atoms with Crippen molar-refractivity contribution in [3.8, 4) is 0 Å². The van der Waals surface area contributed by atoms with Crippen LogP contribution < -0.4 is 0 Å². The molecule has 0 aliphatic heterocycles. The minimum Gasteiger partial charge on any atom is -0.393 e. The van der Waals surface area contributed by atoms with Crippen LogP contribution in [0.4, 0.5) is 0 Å². The molecule has 1 saturated carbocycles. The zero-order valence-corrected chi connectivity index (χ0v) is 8.61. The zero-order chi connectivity index (χ0) is 9.97. The van der Waals surface area contributed by atoms with E-state index in [0.29, 0.717) is 5.92 Å². The Morgan fingerprint density at radius 1 is 1.43 bits per heavy atom. The van der Waals surface area contributed by atoms with Gasteiger partial charge in [-0.25, -0.2) is 0 Å². The van der Waals surface area contributed by atoms with Crippen molar-refractivity contribution in [2.24, 2.45) is 5.92 Å². The highest BCUT2D eigenvalue weighted by Gasteiger charge is 2.25. The quantitative estimate of drug-likeness (QED) is 0.776. The molecular formula is C12H17NO. The summed E-state index contributed by atoms with van der Waals surface area (Å²) in [5, 5.41) is 9.69. The van der Waals surface area contributed by atoms with Crippen molar-refractivity contribution in [2.45, 2.75) is 38.7 Å². The van der Waals surface area contributed by atoms with E-state index in [-0.39, 0.29) is 6.10 Å². The molecule has 1 N–H and O–H groups in total. The predicted octanol–water partition coefficient (Wildman–Crippen LogP) is 2.09. The van der Waals surface area contributed by atoms with E-state index in [1.54, 1.807) is 0 Å². The summed E-state index contributed by atoms with van der Waals surface area (Å²) in [5.41, 5.74) is 2.19. The first-order chi connectivity index (χ1) is 6.75. The van der Waals surface area contributed by atoms with Crippen LogP contribution in [0.15, 0.2) is 18.2 Å². The van der Waals surface area contributed by atoms with Crippen LogP contribution in [0.5, 0.6) is 0 Å². The van der Waals surface area contributed by atoms with Crippen LogP contribution in [-0.2, 0) is 6.42 Å². The lowest BCUT2D eigenvalue weighted by Crippen LogP contribution is -2.16. The lowest BCUT2D eigenvalue weighted by atomic mass is 9.99. The van der Waals surface area contributed by atoms with Gasteiger partial charge in [0.15, 0.2) is 0 Å². The van der Waals surface area contributed by atoms with Crippen LogP contribution in [0.3, 0.4) is 0 Å². The van der Waals surface area contributed by atoms with Gasteiger partial charge in [0.2, 0.25) is 0 Å². The van der Waals surface area contributed by atoms with Crippen LogP contribution in [0, 0.1) is 12.8 Å². The molecule has 0 radical (unpaired) electrons. The molecule has 0 spiro atoms. The van der Waals surface area contributed by atoms with Crippen LogP contribution >= 0.6 is 0 Å². The Hall–Kier alpha value is -0.890. The molecule has 2 heteroatoms. The first-order valence-corrected chi connectivity index (χ1v) is 5.36. The first-order valence-electron chi connectivity index (χ1n) is 5.36. The van der Waals surface area contributed by atoms with E-state index in [2.05, 4.69) is 11.1 Å². The standard InChI is InChI=1S/C12H17NO/c1-9-4-2-6-11(13-9)8-10-5-3-7-12(10)14/h2,4,6,10,12,14H,3,5,7-8H2,1H3. The van der Waals surface area contributed by atoms with E-state index in [1.807, 2.05) is 19.1 Å². The van der Waals surface area contributed by atoms with Gasteiger partial charge in [-0.2, -0.15) is 0 Å². The van der Waals surface area contributed by atoms with E-state index in [9.17, 15) is 5.11 Å². The Labute approximate surface area is 85.0 Å². The van der Waals surface area contributed by atoms with Gasteiger partial charge in [-0.1, -0.05) is 12.5 Å². The fourth-order valence-electron chi connectivity index (χ4n) is 2.24. The number of pyridine rings is 1. The second-order valence-electron chi connectivity index (χ2n) is 4.23. The van der Waals surface area contributed by atoms with Crippen molar-refractivity contribution < 1.29 is 5.11 Å². The monoisotopic (exact) mass is 191 g/mol. The van der Waals surface area contributed by atoms with Gasteiger partial charge >= 0.3 is 0 Å². The van der Waals surface area contributed by atoms with Gasteiger partial charge in [0.25, 0.3) is 0 Å². The van der Waals surface area contributed by atoms with Crippen molar-refractivity contribution in [3.05, 3.63) is 29.6 Å². The van der Waals surface area contributed by atoms with E-state index >= 15 is 0 Å². The van der Waals surface area contributed by atoms with E-state index in [1.165, 1.54) is 0 Å². The molecule has 2 rings (SSSR count). The normalized spacial score (nSPS) is 26.7. The molecule has 1 aromatic heterocycles. The third kappa shape index (κ3) is 2.13. The highest BCUT2D eigenvalue weighted by molar-refractivity contribution is 5.11. The second-order valence-corrected chi connectivity index (χ2v) is 4.23. The number of hydrogen-bond donors (Lipinski definition) is 1. The summed E-state index contributed by atoms with van der Waals surface area (Å²) in [6.45, 7) is 2.01. The maximum absolute atomic E-state index is 9.69. The molecule has 2 unspecified atom stereocenters. The third-order valence-electron chi connectivity index (χ3n) is 3.04. The van der Waals surface area contributed by atoms with Crippen molar-refractivity contribution in [2.75, 3.05) is 0 Å². The molecule has 1 fully saturated rings. The SMILES string of the molecule is Cc1cccc(CC2CCCC2O)n1. The summed E-state index contributed by atoms with van der Waals surface area (Å²) in [4.78, 5) is 4.46. The number of aromatic nitrogens is 1. The lowest BCUT2D eigenvalue weighted by Gasteiger charge is -2.13. The first kappa shape index (κ1) is 9.66. The summed E-state index contributed by atoms with van der Waals surface area (Å²) in [6, 6.07) is 6.10. The smallest absolute Gasteiger partial charge is 0.0572 e. The van der Waals surface area contributed by atoms with Crippen molar-refractivity contribution in [1.82, 2.24) is 4.98 Å². The molecule has 0 amide bonds. The molecule has 2 nitrogen and oxygen atoms in total. The maximum Gasteiger partial charge on any atom is 0.0572 e. The second kappa shape index (κ2) is 4.09. The molecule has 2 atom stereocenters. The van der Waals surface area contributed by atoms with Gasteiger partial charge in [0, 0.05) is 11.4 Å². The summed E-state index contributed by atoms with van der Waals surface area (Å²) in [5.74, 6) is 0.435. The average molecular weight is 191 g/mol. The van der Waals surface area contributed by atoms with Crippen LogP contribution in [-0.4, -0.2) is 16.2 Å². The number of aryl methyl sites for hydroxylation is 1. The summed E-state index contributed by atoms with van der Waals surface area (Å²) < 4.78 is 0. The molecule has 0 aromatic carbocycles. The Morgan fingerprint density at radius 3 is 2.93 bits per heavy atom. The third-order valence-corrected chi connectivity index (χ3v) is 3.04. The predicted molar refractivity (Wildman–Crippen MR) is 56.0 cm³/mol. The largest absolute Gasteiger partial charge is 0.393 e. The molecule has 1 aromatic rings. The van der Waals surface area contributed by atoms with Crippen LogP contribution in [0.2, 0.25) is 0 Å². The molecule has 1 heterocycles. The van der Waals surface area contributed by atoms with E-state index in [0.717, 1.165) is 37.1 Å². The zero-order valence-electron chi connectivity index (χ0n) is 8.61. The Bertz CT molecular complexity index is 311. The van der Waals surface area contributed by atoms with Crippen LogP contribution in [0.1, 0.15) is 30.7 Å². The highest BCUT2D eigenvalue weighted by atomic mass is 16.3. The number of aliphatic hydroxyl groups is 1. The molecule has 1 aliphatic rings. The Morgan fingerprint density at radius 2 is 2.29 bits per heavy atom. The summed E-state index contributed by atoms with van der Waals surface area (Å²) in [6.07, 6.45) is 4.12. The Kier molecular flexibility index (Phi) is 2.82. The lowest BCUT2D eigenvalue weighted by molar-refractivity contribution is 0.132.